The summed E-state index contributed by atoms with van der Waals surface area (Å²) in [6.45, 7) is 3.05. The molecule has 2 aromatic heterocycles. The van der Waals surface area contributed by atoms with Crippen LogP contribution in [-0.4, -0.2) is 25.0 Å². The Balaban J connectivity index is 2.03. The zero-order chi connectivity index (χ0) is 14.8. The van der Waals surface area contributed by atoms with Crippen molar-refractivity contribution in [1.82, 2.24) is 19.1 Å². The first-order chi connectivity index (χ1) is 10.2. The van der Waals surface area contributed by atoms with E-state index in [2.05, 4.69) is 49.1 Å². The standard InChI is InChI=1S/C15H16BrClN4/c1-11(9-20-7-6-18-10-20)21-14-3-2-12(16)8-13(14)19-15(21)4-5-17/h2-3,6-8,10-11H,4-5,9H2,1H3. The summed E-state index contributed by atoms with van der Waals surface area (Å²) in [6.07, 6.45) is 6.39. The van der Waals surface area contributed by atoms with Crippen LogP contribution in [0.2, 0.25) is 0 Å². The number of nitrogens with zero attached hydrogens (tertiary/aromatic N) is 4. The number of halogens is 2. The van der Waals surface area contributed by atoms with E-state index >= 15 is 0 Å². The van der Waals surface area contributed by atoms with Crippen molar-refractivity contribution in [2.24, 2.45) is 0 Å². The first-order valence-electron chi connectivity index (χ1n) is 6.87. The van der Waals surface area contributed by atoms with Gasteiger partial charge in [0.15, 0.2) is 0 Å². The molecule has 0 aliphatic carbocycles. The molecule has 0 aliphatic heterocycles. The van der Waals surface area contributed by atoms with Crippen LogP contribution in [0.5, 0.6) is 0 Å². The molecule has 6 heteroatoms. The van der Waals surface area contributed by atoms with E-state index in [1.54, 1.807) is 6.20 Å². The van der Waals surface area contributed by atoms with Crippen molar-refractivity contribution in [1.29, 1.82) is 0 Å². The molecule has 0 aliphatic rings. The monoisotopic (exact) mass is 366 g/mol. The van der Waals surface area contributed by atoms with Crippen LogP contribution in [0.1, 0.15) is 18.8 Å². The minimum absolute atomic E-state index is 0.281. The minimum atomic E-state index is 0.281. The van der Waals surface area contributed by atoms with Gasteiger partial charge in [-0.2, -0.15) is 0 Å². The van der Waals surface area contributed by atoms with E-state index in [4.69, 9.17) is 16.6 Å². The maximum atomic E-state index is 5.94. The van der Waals surface area contributed by atoms with Gasteiger partial charge in [-0.05, 0) is 25.1 Å². The first kappa shape index (κ1) is 14.6. The maximum Gasteiger partial charge on any atom is 0.111 e. The summed E-state index contributed by atoms with van der Waals surface area (Å²) in [5.74, 6) is 1.60. The van der Waals surface area contributed by atoms with Crippen LogP contribution < -0.4 is 0 Å². The second kappa shape index (κ2) is 6.20. The molecule has 0 saturated heterocycles. The summed E-state index contributed by atoms with van der Waals surface area (Å²) in [6, 6.07) is 6.49. The summed E-state index contributed by atoms with van der Waals surface area (Å²) in [5.41, 5.74) is 2.15. The lowest BCUT2D eigenvalue weighted by atomic mass is 10.2. The summed E-state index contributed by atoms with van der Waals surface area (Å²) < 4.78 is 5.41. The Morgan fingerprint density at radius 3 is 2.95 bits per heavy atom. The number of benzene rings is 1. The molecule has 0 N–H and O–H groups in total. The highest BCUT2D eigenvalue weighted by molar-refractivity contribution is 9.10. The average Bonchev–Trinajstić information content (AvgIpc) is 3.05. The molecule has 3 rings (SSSR count). The molecule has 21 heavy (non-hydrogen) atoms. The zero-order valence-electron chi connectivity index (χ0n) is 11.7. The van der Waals surface area contributed by atoms with E-state index in [0.29, 0.717) is 5.88 Å². The minimum Gasteiger partial charge on any atom is -0.335 e. The Morgan fingerprint density at radius 1 is 1.38 bits per heavy atom. The first-order valence-corrected chi connectivity index (χ1v) is 8.20. The van der Waals surface area contributed by atoms with Crippen molar-refractivity contribution in [3.8, 4) is 0 Å². The fourth-order valence-electron chi connectivity index (χ4n) is 2.66. The lowest BCUT2D eigenvalue weighted by Crippen LogP contribution is -2.15. The van der Waals surface area contributed by atoms with Crippen molar-refractivity contribution in [3.05, 3.63) is 47.2 Å². The summed E-state index contributed by atoms with van der Waals surface area (Å²) >= 11 is 9.44. The SMILES string of the molecule is CC(Cn1ccnc1)n1c(CCCl)nc2cc(Br)ccc21. The third kappa shape index (κ3) is 2.99. The molecule has 1 atom stereocenters. The van der Waals surface area contributed by atoms with E-state index < -0.39 is 0 Å². The van der Waals surface area contributed by atoms with E-state index in [9.17, 15) is 0 Å². The number of alkyl halides is 1. The molecule has 0 radical (unpaired) electrons. The van der Waals surface area contributed by atoms with Crippen molar-refractivity contribution < 1.29 is 0 Å². The van der Waals surface area contributed by atoms with Gasteiger partial charge in [0.1, 0.15) is 5.82 Å². The van der Waals surface area contributed by atoms with Gasteiger partial charge in [-0.15, -0.1) is 11.6 Å². The van der Waals surface area contributed by atoms with Crippen LogP contribution in [0.25, 0.3) is 11.0 Å². The van der Waals surface area contributed by atoms with Gasteiger partial charge in [0, 0.05) is 35.7 Å². The van der Waals surface area contributed by atoms with Gasteiger partial charge in [-0.1, -0.05) is 15.9 Å². The molecule has 0 fully saturated rings. The number of aryl methyl sites for hydroxylation is 1. The van der Waals surface area contributed by atoms with Gasteiger partial charge >= 0.3 is 0 Å². The molecular formula is C15H16BrClN4. The highest BCUT2D eigenvalue weighted by atomic mass is 79.9. The van der Waals surface area contributed by atoms with E-state index in [1.807, 2.05) is 18.6 Å². The number of aromatic nitrogens is 4. The predicted octanol–water partition coefficient (Wildman–Crippen LogP) is 4.04. The summed E-state index contributed by atoms with van der Waals surface area (Å²) in [7, 11) is 0. The Hall–Kier alpha value is -1.33. The lowest BCUT2D eigenvalue weighted by molar-refractivity contribution is 0.461. The highest BCUT2D eigenvalue weighted by Crippen LogP contribution is 2.25. The number of hydrogen-bond acceptors (Lipinski definition) is 2. The molecule has 0 bridgehead atoms. The summed E-state index contributed by atoms with van der Waals surface area (Å²) in [5, 5.41) is 0. The predicted molar refractivity (Wildman–Crippen MR) is 88.8 cm³/mol. The quantitative estimate of drug-likeness (QED) is 0.638. The molecular weight excluding hydrogens is 352 g/mol. The molecule has 4 nitrogen and oxygen atoms in total. The van der Waals surface area contributed by atoms with Crippen molar-refractivity contribution in [3.63, 3.8) is 0 Å². The van der Waals surface area contributed by atoms with Crippen LogP contribution in [0.15, 0.2) is 41.4 Å². The Labute approximate surface area is 136 Å². The van der Waals surface area contributed by atoms with E-state index in [1.165, 1.54) is 0 Å². The van der Waals surface area contributed by atoms with E-state index in [-0.39, 0.29) is 6.04 Å². The van der Waals surface area contributed by atoms with Gasteiger partial charge in [-0.25, -0.2) is 9.97 Å². The number of fused-ring (bicyclic) bond motifs is 1. The Kier molecular flexibility index (Phi) is 4.31. The van der Waals surface area contributed by atoms with Crippen LogP contribution in [0.3, 0.4) is 0 Å². The maximum absolute atomic E-state index is 5.94. The normalized spacial score (nSPS) is 12.9. The largest absolute Gasteiger partial charge is 0.335 e. The molecule has 2 heterocycles. The summed E-state index contributed by atoms with van der Waals surface area (Å²) in [4.78, 5) is 8.84. The fraction of sp³-hybridized carbons (Fsp3) is 0.333. The molecule has 0 saturated carbocycles. The molecule has 1 aromatic carbocycles. The average molecular weight is 368 g/mol. The van der Waals surface area contributed by atoms with Crippen molar-refractivity contribution >= 4 is 38.6 Å². The third-order valence-corrected chi connectivity index (χ3v) is 4.20. The van der Waals surface area contributed by atoms with Gasteiger partial charge in [-0.3, -0.25) is 0 Å². The zero-order valence-corrected chi connectivity index (χ0v) is 14.0. The second-order valence-corrected chi connectivity index (χ2v) is 6.37. The Morgan fingerprint density at radius 2 is 2.24 bits per heavy atom. The fourth-order valence-corrected chi connectivity index (χ4v) is 3.17. The molecule has 3 aromatic rings. The van der Waals surface area contributed by atoms with Crippen molar-refractivity contribution in [2.75, 3.05) is 5.88 Å². The number of rotatable bonds is 5. The third-order valence-electron chi connectivity index (χ3n) is 3.52. The smallest absolute Gasteiger partial charge is 0.111 e. The van der Waals surface area contributed by atoms with E-state index in [0.717, 1.165) is 34.3 Å². The second-order valence-electron chi connectivity index (χ2n) is 5.08. The van der Waals surface area contributed by atoms with Gasteiger partial charge in [0.25, 0.3) is 0 Å². The topological polar surface area (TPSA) is 35.6 Å². The molecule has 110 valence electrons. The van der Waals surface area contributed by atoms with Crippen LogP contribution in [-0.2, 0) is 13.0 Å². The Bertz CT molecular complexity index is 736. The van der Waals surface area contributed by atoms with Crippen LogP contribution in [0, 0.1) is 0 Å². The highest BCUT2D eigenvalue weighted by Gasteiger charge is 2.16. The number of imidazole rings is 2. The van der Waals surface area contributed by atoms with Gasteiger partial charge in [0.05, 0.1) is 23.4 Å². The van der Waals surface area contributed by atoms with Gasteiger partial charge in [0.2, 0.25) is 0 Å². The number of hydrogen-bond donors (Lipinski definition) is 0. The molecule has 1 unspecified atom stereocenters. The van der Waals surface area contributed by atoms with Crippen LogP contribution >= 0.6 is 27.5 Å². The van der Waals surface area contributed by atoms with Crippen molar-refractivity contribution in [2.45, 2.75) is 25.9 Å². The molecule has 0 spiro atoms. The lowest BCUT2D eigenvalue weighted by Gasteiger charge is -2.18. The molecule has 0 amide bonds. The van der Waals surface area contributed by atoms with Gasteiger partial charge < -0.3 is 9.13 Å². The van der Waals surface area contributed by atoms with Crippen LogP contribution in [0.4, 0.5) is 0 Å².